The number of sulfonamides is 1. The molecule has 0 aliphatic carbocycles. The van der Waals surface area contributed by atoms with Gasteiger partial charge in [0.25, 0.3) is 0 Å². The number of aromatic nitrogens is 2. The Morgan fingerprint density at radius 3 is 2.69 bits per heavy atom. The van der Waals surface area contributed by atoms with E-state index in [9.17, 15) is 8.42 Å². The van der Waals surface area contributed by atoms with Gasteiger partial charge in [0.05, 0.1) is 29.8 Å². The van der Waals surface area contributed by atoms with Crippen LogP contribution in [-0.4, -0.2) is 35.5 Å². The van der Waals surface area contributed by atoms with Crippen molar-refractivity contribution in [2.45, 2.75) is 19.5 Å². The van der Waals surface area contributed by atoms with Crippen molar-refractivity contribution in [1.82, 2.24) is 14.3 Å². The number of hydrogen-bond acceptors (Lipinski definition) is 6. The lowest BCUT2D eigenvalue weighted by atomic mass is 9.98. The molecule has 0 bridgehead atoms. The zero-order valence-electron chi connectivity index (χ0n) is 19.8. The molecule has 0 spiro atoms. The second kappa shape index (κ2) is 9.59. The maximum Gasteiger partial charge on any atom is 0.211 e. The highest BCUT2D eigenvalue weighted by Crippen LogP contribution is 2.32. The summed E-state index contributed by atoms with van der Waals surface area (Å²) in [7, 11) is -3.23. The van der Waals surface area contributed by atoms with Gasteiger partial charge in [-0.25, -0.2) is 13.4 Å². The number of nitrogens with two attached hydrogens (primary N) is 1. The van der Waals surface area contributed by atoms with Gasteiger partial charge in [0.2, 0.25) is 10.0 Å². The molecule has 1 aromatic heterocycles. The van der Waals surface area contributed by atoms with Crippen molar-refractivity contribution >= 4 is 21.4 Å². The summed E-state index contributed by atoms with van der Waals surface area (Å²) < 4.78 is 25.5. The molecule has 4 aromatic rings. The second-order valence-corrected chi connectivity index (χ2v) is 10.8. The largest absolute Gasteiger partial charge is 0.355 e. The van der Waals surface area contributed by atoms with E-state index in [2.05, 4.69) is 21.4 Å². The fraction of sp³-hybridized carbons (Fsp3) is 0.185. The first kappa shape index (κ1) is 23.8. The van der Waals surface area contributed by atoms with Gasteiger partial charge in [0, 0.05) is 36.6 Å². The Balaban J connectivity index is 1.44. The van der Waals surface area contributed by atoms with Gasteiger partial charge in [-0.2, -0.15) is 9.57 Å². The molecular formula is C27H26N6O2S. The van der Waals surface area contributed by atoms with Crippen LogP contribution in [0, 0.1) is 11.3 Å². The van der Waals surface area contributed by atoms with E-state index in [1.54, 1.807) is 18.3 Å². The topological polar surface area (TPSA) is 128 Å². The van der Waals surface area contributed by atoms with Gasteiger partial charge in [-0.3, -0.25) is 0 Å². The van der Waals surface area contributed by atoms with Crippen molar-refractivity contribution in [3.63, 3.8) is 0 Å². The molecule has 1 aliphatic rings. The number of H-pyrrole nitrogens is 1. The van der Waals surface area contributed by atoms with Crippen LogP contribution < -0.4 is 11.1 Å². The van der Waals surface area contributed by atoms with E-state index in [1.807, 2.05) is 48.5 Å². The molecule has 0 radical (unpaired) electrons. The highest BCUT2D eigenvalue weighted by atomic mass is 32.2. The number of nitrogens with zero attached hydrogens (tertiary/aromatic N) is 3. The van der Waals surface area contributed by atoms with Gasteiger partial charge in [-0.1, -0.05) is 30.3 Å². The Labute approximate surface area is 210 Å². The van der Waals surface area contributed by atoms with Gasteiger partial charge in [0.1, 0.15) is 5.82 Å². The van der Waals surface area contributed by atoms with Crippen LogP contribution in [-0.2, 0) is 29.5 Å². The maximum absolute atomic E-state index is 12.0. The molecule has 1 aliphatic heterocycles. The molecule has 0 amide bonds. The lowest BCUT2D eigenvalue weighted by molar-refractivity contribution is 0.395. The minimum Gasteiger partial charge on any atom is -0.355 e. The van der Waals surface area contributed by atoms with E-state index >= 15 is 0 Å². The number of nitrogens with one attached hydrogen (secondary N) is 2. The zero-order valence-corrected chi connectivity index (χ0v) is 20.6. The van der Waals surface area contributed by atoms with Crippen LogP contribution in [0.4, 0.5) is 11.4 Å². The molecule has 2 heterocycles. The number of rotatable bonds is 6. The molecule has 36 heavy (non-hydrogen) atoms. The number of imidazole rings is 1. The van der Waals surface area contributed by atoms with E-state index in [1.165, 1.54) is 10.6 Å². The molecule has 0 atom stereocenters. The van der Waals surface area contributed by atoms with Crippen molar-refractivity contribution in [3.8, 4) is 28.7 Å². The lowest BCUT2D eigenvalue weighted by Gasteiger charge is -2.28. The minimum atomic E-state index is -3.23. The van der Waals surface area contributed by atoms with Crippen LogP contribution in [0.1, 0.15) is 22.3 Å². The summed E-state index contributed by atoms with van der Waals surface area (Å²) in [6.07, 6.45) is 3.67. The molecule has 4 N–H and O–H groups in total. The molecule has 3 aromatic carbocycles. The maximum atomic E-state index is 12.0. The van der Waals surface area contributed by atoms with Crippen LogP contribution in [0.3, 0.4) is 0 Å². The first-order valence-electron chi connectivity index (χ1n) is 11.6. The summed E-state index contributed by atoms with van der Waals surface area (Å²) in [6, 6.07) is 21.4. The molecular weight excluding hydrogens is 472 g/mol. The number of benzene rings is 3. The molecule has 0 saturated heterocycles. The summed E-state index contributed by atoms with van der Waals surface area (Å²) in [6.45, 7) is 1.21. The Kier molecular flexibility index (Phi) is 6.33. The first-order valence-corrected chi connectivity index (χ1v) is 13.4. The average Bonchev–Trinajstić information content (AvgIpc) is 3.38. The third-order valence-electron chi connectivity index (χ3n) is 6.46. The SMILES string of the molecule is CS(=O)(=O)N1CCc2c(cccc2Nc2ccc(CN)c(-c3ncc(-c4ccc(C#N)cc4)[nH]3)c2)C1. The Hall–Kier alpha value is -3.97. The summed E-state index contributed by atoms with van der Waals surface area (Å²) >= 11 is 0. The monoisotopic (exact) mass is 498 g/mol. The van der Waals surface area contributed by atoms with E-state index in [0.717, 1.165) is 44.9 Å². The predicted octanol–water partition coefficient (Wildman–Crippen LogP) is 4.14. The van der Waals surface area contributed by atoms with E-state index < -0.39 is 10.0 Å². The minimum absolute atomic E-state index is 0.366. The number of anilines is 2. The standard InChI is InChI=1S/C27H26N6O2S/c1-36(34,35)33-12-11-23-21(17-33)3-2-4-25(23)31-22-10-9-20(15-29)24(13-22)27-30-16-26(32-27)19-7-5-18(14-28)6-8-19/h2-10,13,16,31H,11-12,15,17,29H2,1H3,(H,30,32). The number of fused-ring (bicyclic) bond motifs is 1. The first-order chi connectivity index (χ1) is 17.4. The van der Waals surface area contributed by atoms with Crippen LogP contribution in [0.2, 0.25) is 0 Å². The highest BCUT2D eigenvalue weighted by Gasteiger charge is 2.24. The average molecular weight is 499 g/mol. The number of hydrogen-bond donors (Lipinski definition) is 3. The Morgan fingerprint density at radius 2 is 1.97 bits per heavy atom. The van der Waals surface area contributed by atoms with Gasteiger partial charge >= 0.3 is 0 Å². The van der Waals surface area contributed by atoms with Gasteiger partial charge < -0.3 is 16.0 Å². The number of aromatic amines is 1. The van der Waals surface area contributed by atoms with Crippen molar-refractivity contribution in [3.05, 3.63) is 89.1 Å². The van der Waals surface area contributed by atoms with Crippen molar-refractivity contribution in [2.24, 2.45) is 5.73 Å². The summed E-state index contributed by atoms with van der Waals surface area (Å²) in [5.41, 5.74) is 14.3. The second-order valence-electron chi connectivity index (χ2n) is 8.83. The summed E-state index contributed by atoms with van der Waals surface area (Å²) in [5.74, 6) is 0.706. The van der Waals surface area contributed by atoms with Crippen LogP contribution >= 0.6 is 0 Å². The Bertz CT molecular complexity index is 1570. The van der Waals surface area contributed by atoms with Crippen LogP contribution in [0.15, 0.2) is 66.9 Å². The van der Waals surface area contributed by atoms with Crippen LogP contribution in [0.25, 0.3) is 22.6 Å². The normalized spacial score (nSPS) is 13.7. The third kappa shape index (κ3) is 4.75. The van der Waals surface area contributed by atoms with Gasteiger partial charge in [0.15, 0.2) is 0 Å². The molecule has 8 nitrogen and oxygen atoms in total. The molecule has 0 saturated carbocycles. The smallest absolute Gasteiger partial charge is 0.211 e. The summed E-state index contributed by atoms with van der Waals surface area (Å²) in [5, 5.41) is 12.6. The van der Waals surface area contributed by atoms with E-state index in [0.29, 0.717) is 37.4 Å². The fourth-order valence-electron chi connectivity index (χ4n) is 4.52. The lowest BCUT2D eigenvalue weighted by Crippen LogP contribution is -2.35. The van der Waals surface area contributed by atoms with E-state index in [-0.39, 0.29) is 0 Å². The highest BCUT2D eigenvalue weighted by molar-refractivity contribution is 7.88. The van der Waals surface area contributed by atoms with Crippen molar-refractivity contribution in [2.75, 3.05) is 18.1 Å². The van der Waals surface area contributed by atoms with Crippen molar-refractivity contribution < 1.29 is 8.42 Å². The molecule has 9 heteroatoms. The van der Waals surface area contributed by atoms with Gasteiger partial charge in [-0.15, -0.1) is 0 Å². The number of nitriles is 1. The summed E-state index contributed by atoms with van der Waals surface area (Å²) in [4.78, 5) is 7.98. The Morgan fingerprint density at radius 1 is 1.17 bits per heavy atom. The molecule has 0 fully saturated rings. The third-order valence-corrected chi connectivity index (χ3v) is 7.71. The van der Waals surface area contributed by atoms with Crippen molar-refractivity contribution in [1.29, 1.82) is 5.26 Å². The van der Waals surface area contributed by atoms with Crippen LogP contribution in [0.5, 0.6) is 0 Å². The van der Waals surface area contributed by atoms with Gasteiger partial charge in [-0.05, 0) is 59.0 Å². The zero-order chi connectivity index (χ0) is 25.3. The quantitative estimate of drug-likeness (QED) is 0.367. The predicted molar refractivity (Wildman–Crippen MR) is 141 cm³/mol. The molecule has 182 valence electrons. The molecule has 5 rings (SSSR count). The van der Waals surface area contributed by atoms with E-state index in [4.69, 9.17) is 11.0 Å². The molecule has 0 unspecified atom stereocenters. The fourth-order valence-corrected chi connectivity index (χ4v) is 5.32.